The number of rotatable bonds is 5. The summed E-state index contributed by atoms with van der Waals surface area (Å²) >= 11 is 0. The van der Waals surface area contributed by atoms with Gasteiger partial charge in [0.25, 0.3) is 0 Å². The van der Waals surface area contributed by atoms with Crippen LogP contribution in [0.3, 0.4) is 0 Å². The van der Waals surface area contributed by atoms with E-state index in [1.807, 2.05) is 17.9 Å². The van der Waals surface area contributed by atoms with Gasteiger partial charge in [-0.25, -0.2) is 15.0 Å². The number of H-pyrrole nitrogens is 1. The molecule has 4 heterocycles. The summed E-state index contributed by atoms with van der Waals surface area (Å²) < 4.78 is 39.9. The summed E-state index contributed by atoms with van der Waals surface area (Å²) in [7, 11) is 0. The molecular formula is C26H29F3N8O. The first-order valence-electron chi connectivity index (χ1n) is 12.8. The molecule has 2 fully saturated rings. The molecule has 9 nitrogen and oxygen atoms in total. The minimum atomic E-state index is -4.55. The standard InChI is InChI=1S/C26H29F3N8O/c1-14(15-5-7-37(8-6-15)24(38)18-3-2-4-21(18)31)35-25-34-11-16(10-30)22(36-25)20-13-33-23-19(20)9-17(12-32-23)26(27,28)29/h9,11-15,18,21H,2-8,31H2,1H3,(H,32,33)(H,34,35,36)/t14-,18-,21+/m1/s1. The predicted octanol–water partition coefficient (Wildman–Crippen LogP) is 4.08. The SMILES string of the molecule is C[C@@H](Nc1ncc(C#N)c(-c2c[nH]c3ncc(C(F)(F)F)cc23)n1)C1CCN(C(=O)[C@@H]2CCC[C@@H]2N)CC1. The maximum Gasteiger partial charge on any atom is 0.417 e. The summed E-state index contributed by atoms with van der Waals surface area (Å²) in [6.45, 7) is 3.35. The molecule has 1 aliphatic carbocycles. The molecule has 4 N–H and O–H groups in total. The third kappa shape index (κ3) is 5.03. The smallest absolute Gasteiger partial charge is 0.351 e. The molecule has 2 aliphatic rings. The zero-order chi connectivity index (χ0) is 27.0. The van der Waals surface area contributed by atoms with Crippen LogP contribution in [-0.4, -0.2) is 55.9 Å². The third-order valence-corrected chi connectivity index (χ3v) is 7.82. The number of carbonyl (C=O) groups is 1. The number of hydrogen-bond donors (Lipinski definition) is 3. The Hall–Kier alpha value is -3.72. The van der Waals surface area contributed by atoms with E-state index in [2.05, 4.69) is 25.3 Å². The van der Waals surface area contributed by atoms with Gasteiger partial charge < -0.3 is 20.9 Å². The third-order valence-electron chi connectivity index (χ3n) is 7.82. The van der Waals surface area contributed by atoms with Gasteiger partial charge in [0.1, 0.15) is 11.7 Å². The molecule has 3 atom stereocenters. The lowest BCUT2D eigenvalue weighted by Crippen LogP contribution is -2.47. The number of halogens is 3. The Morgan fingerprint density at radius 2 is 2.00 bits per heavy atom. The molecule has 1 aliphatic heterocycles. The summed E-state index contributed by atoms with van der Waals surface area (Å²) in [6, 6.07) is 2.95. The number of piperidine rings is 1. The second-order valence-electron chi connectivity index (χ2n) is 10.2. The van der Waals surface area contributed by atoms with Gasteiger partial charge in [-0.2, -0.15) is 18.4 Å². The molecule has 200 valence electrons. The van der Waals surface area contributed by atoms with E-state index in [-0.39, 0.29) is 58.1 Å². The van der Waals surface area contributed by atoms with E-state index in [1.54, 1.807) is 0 Å². The molecule has 3 aromatic heterocycles. The number of aromatic amines is 1. The van der Waals surface area contributed by atoms with Crippen LogP contribution in [0.4, 0.5) is 19.1 Å². The number of pyridine rings is 1. The van der Waals surface area contributed by atoms with Gasteiger partial charge in [-0.1, -0.05) is 6.42 Å². The van der Waals surface area contributed by atoms with Crippen LogP contribution < -0.4 is 11.1 Å². The number of amides is 1. The van der Waals surface area contributed by atoms with Crippen LogP contribution in [0.15, 0.2) is 24.7 Å². The first-order chi connectivity index (χ1) is 18.2. The summed E-state index contributed by atoms with van der Waals surface area (Å²) in [6.07, 6.45) is 3.48. The second kappa shape index (κ2) is 10.2. The number of aromatic nitrogens is 4. The minimum Gasteiger partial charge on any atom is -0.351 e. The van der Waals surface area contributed by atoms with Gasteiger partial charge in [-0.3, -0.25) is 4.79 Å². The van der Waals surface area contributed by atoms with E-state index in [0.29, 0.717) is 18.7 Å². The van der Waals surface area contributed by atoms with Crippen LogP contribution >= 0.6 is 0 Å². The highest BCUT2D eigenvalue weighted by molar-refractivity contribution is 5.94. The van der Waals surface area contributed by atoms with Crippen molar-refractivity contribution in [3.63, 3.8) is 0 Å². The molecule has 1 saturated carbocycles. The number of hydrogen-bond acceptors (Lipinski definition) is 7. The Balaban J connectivity index is 1.31. The number of nitrogens with zero attached hydrogens (tertiary/aromatic N) is 5. The van der Waals surface area contributed by atoms with Gasteiger partial charge in [0.2, 0.25) is 11.9 Å². The maximum atomic E-state index is 13.3. The molecule has 12 heteroatoms. The lowest BCUT2D eigenvalue weighted by atomic mass is 9.89. The number of nitrogens with one attached hydrogen (secondary N) is 2. The van der Waals surface area contributed by atoms with Gasteiger partial charge in [0.15, 0.2) is 0 Å². The van der Waals surface area contributed by atoms with Gasteiger partial charge in [0.05, 0.1) is 28.9 Å². The van der Waals surface area contributed by atoms with E-state index in [4.69, 9.17) is 5.73 Å². The van der Waals surface area contributed by atoms with Crippen molar-refractivity contribution >= 4 is 22.9 Å². The fraction of sp³-hybridized carbons (Fsp3) is 0.500. The average Bonchev–Trinajstić information content (AvgIpc) is 3.53. The first kappa shape index (κ1) is 25.9. The number of nitrogens with two attached hydrogens (primary N) is 1. The summed E-state index contributed by atoms with van der Waals surface area (Å²) in [5, 5.41) is 13.1. The Morgan fingerprint density at radius 3 is 2.66 bits per heavy atom. The maximum absolute atomic E-state index is 13.3. The van der Waals surface area contributed by atoms with E-state index in [1.165, 1.54) is 12.4 Å². The molecular weight excluding hydrogens is 497 g/mol. The Kier molecular flexibility index (Phi) is 6.96. The van der Waals surface area contributed by atoms with Crippen molar-refractivity contribution in [3.05, 3.63) is 35.8 Å². The number of nitriles is 1. The van der Waals surface area contributed by atoms with Gasteiger partial charge in [0, 0.05) is 48.5 Å². The Bertz CT molecular complexity index is 1370. The summed E-state index contributed by atoms with van der Waals surface area (Å²) in [5.74, 6) is 0.636. The highest BCUT2D eigenvalue weighted by Crippen LogP contribution is 2.35. The van der Waals surface area contributed by atoms with Crippen molar-refractivity contribution in [1.82, 2.24) is 24.8 Å². The van der Waals surface area contributed by atoms with Gasteiger partial charge in [-0.05, 0) is 44.6 Å². The molecule has 38 heavy (non-hydrogen) atoms. The number of anilines is 1. The van der Waals surface area contributed by atoms with Crippen molar-refractivity contribution in [2.24, 2.45) is 17.6 Å². The Morgan fingerprint density at radius 1 is 1.24 bits per heavy atom. The van der Waals surface area contributed by atoms with Gasteiger partial charge >= 0.3 is 6.18 Å². The van der Waals surface area contributed by atoms with E-state index >= 15 is 0 Å². The van der Waals surface area contributed by atoms with E-state index in [9.17, 15) is 23.2 Å². The largest absolute Gasteiger partial charge is 0.417 e. The normalized spacial score (nSPS) is 21.4. The predicted molar refractivity (Wildman–Crippen MR) is 135 cm³/mol. The quantitative estimate of drug-likeness (QED) is 0.456. The highest BCUT2D eigenvalue weighted by Gasteiger charge is 2.36. The first-order valence-corrected chi connectivity index (χ1v) is 12.8. The van der Waals surface area contributed by atoms with Crippen LogP contribution in [0.2, 0.25) is 0 Å². The van der Waals surface area contributed by atoms with Crippen LogP contribution in [-0.2, 0) is 11.0 Å². The van der Waals surface area contributed by atoms with Crippen LogP contribution in [0.1, 0.15) is 50.2 Å². The van der Waals surface area contributed by atoms with Crippen LogP contribution in [0, 0.1) is 23.2 Å². The van der Waals surface area contributed by atoms with Crippen molar-refractivity contribution in [1.29, 1.82) is 5.26 Å². The minimum absolute atomic E-state index is 0.0248. The van der Waals surface area contributed by atoms with E-state index in [0.717, 1.165) is 44.4 Å². The van der Waals surface area contributed by atoms with E-state index < -0.39 is 11.7 Å². The zero-order valence-corrected chi connectivity index (χ0v) is 20.9. The Labute approximate surface area is 217 Å². The summed E-state index contributed by atoms with van der Waals surface area (Å²) in [5.41, 5.74) is 6.20. The lowest BCUT2D eigenvalue weighted by Gasteiger charge is -2.36. The molecule has 1 saturated heterocycles. The van der Waals surface area contributed by atoms with Crippen molar-refractivity contribution in [2.75, 3.05) is 18.4 Å². The number of fused-ring (bicyclic) bond motifs is 1. The fourth-order valence-electron chi connectivity index (χ4n) is 5.56. The molecule has 0 radical (unpaired) electrons. The molecule has 1 amide bonds. The number of likely N-dealkylation sites (tertiary alicyclic amines) is 1. The molecule has 5 rings (SSSR count). The lowest BCUT2D eigenvalue weighted by molar-refractivity contribution is -0.138. The topological polar surface area (TPSA) is 137 Å². The molecule has 0 bridgehead atoms. The fourth-order valence-corrected chi connectivity index (χ4v) is 5.56. The number of alkyl halides is 3. The van der Waals surface area contributed by atoms with Gasteiger partial charge in [-0.15, -0.1) is 0 Å². The summed E-state index contributed by atoms with van der Waals surface area (Å²) in [4.78, 5) is 30.3. The average molecular weight is 527 g/mol. The van der Waals surface area contributed by atoms with Crippen molar-refractivity contribution < 1.29 is 18.0 Å². The molecule has 0 spiro atoms. The van der Waals surface area contributed by atoms with Crippen LogP contribution in [0.5, 0.6) is 0 Å². The monoisotopic (exact) mass is 526 g/mol. The molecule has 0 aromatic carbocycles. The molecule has 0 unspecified atom stereocenters. The highest BCUT2D eigenvalue weighted by atomic mass is 19.4. The van der Waals surface area contributed by atoms with Crippen LogP contribution in [0.25, 0.3) is 22.3 Å². The molecule has 3 aromatic rings. The van der Waals surface area contributed by atoms with Crippen molar-refractivity contribution in [2.45, 2.75) is 57.3 Å². The number of carbonyl (C=O) groups excluding carboxylic acids is 1. The second-order valence-corrected chi connectivity index (χ2v) is 10.2. The van der Waals surface area contributed by atoms with Crippen molar-refractivity contribution in [3.8, 4) is 17.3 Å². The zero-order valence-electron chi connectivity index (χ0n) is 20.9.